The molecule has 4 aliphatic carbocycles. The highest BCUT2D eigenvalue weighted by atomic mass is 16.6. The summed E-state index contributed by atoms with van der Waals surface area (Å²) in [7, 11) is 0. The minimum Gasteiger partial charge on any atom is -0.463 e. The van der Waals surface area contributed by atoms with Crippen LogP contribution < -0.4 is 0 Å². The lowest BCUT2D eigenvalue weighted by molar-refractivity contribution is -0.174. The summed E-state index contributed by atoms with van der Waals surface area (Å²) in [6.07, 6.45) is 4.10. The minimum absolute atomic E-state index is 0.0131. The minimum atomic E-state index is -0.633. The van der Waals surface area contributed by atoms with Crippen molar-refractivity contribution in [3.8, 4) is 0 Å². The number of hydrogen-bond acceptors (Lipinski definition) is 9. The Bertz CT molecular complexity index is 1130. The first-order chi connectivity index (χ1) is 20.5. The first kappa shape index (κ1) is 34.4. The Morgan fingerprint density at radius 1 is 0.795 bits per heavy atom. The van der Waals surface area contributed by atoms with E-state index in [0.29, 0.717) is 31.6 Å². The van der Waals surface area contributed by atoms with E-state index in [0.717, 1.165) is 25.7 Å². The summed E-state index contributed by atoms with van der Waals surface area (Å²) in [6.45, 7) is 16.2. The van der Waals surface area contributed by atoms with Crippen molar-refractivity contribution >= 4 is 29.7 Å². The summed E-state index contributed by atoms with van der Waals surface area (Å²) in [5.74, 6) is -0.641. The molecular weight excluding hydrogens is 564 g/mol. The molecule has 4 saturated carbocycles. The molecule has 0 aromatic carbocycles. The van der Waals surface area contributed by atoms with Gasteiger partial charge in [0.25, 0.3) is 0 Å². The van der Waals surface area contributed by atoms with E-state index in [1.54, 1.807) is 0 Å². The van der Waals surface area contributed by atoms with Crippen molar-refractivity contribution in [3.63, 3.8) is 0 Å². The summed E-state index contributed by atoms with van der Waals surface area (Å²) in [5, 5.41) is 0. The van der Waals surface area contributed by atoms with Gasteiger partial charge in [-0.15, -0.1) is 0 Å². The highest BCUT2D eigenvalue weighted by Gasteiger charge is 2.65. The molecule has 0 saturated heterocycles. The zero-order chi connectivity index (χ0) is 32.7. The number of ether oxygens (including phenoxy) is 4. The fraction of sp³-hybridized carbons (Fsp3) is 0.857. The van der Waals surface area contributed by atoms with Crippen LogP contribution in [0.25, 0.3) is 0 Å². The number of fused-ring (bicyclic) bond motifs is 5. The predicted octanol–water partition coefficient (Wildman–Crippen LogP) is 5.84. The Kier molecular flexibility index (Phi) is 10.3. The summed E-state index contributed by atoms with van der Waals surface area (Å²) >= 11 is 0. The predicted molar refractivity (Wildman–Crippen MR) is 162 cm³/mol. The number of carbonyl (C=O) groups is 5. The van der Waals surface area contributed by atoms with Crippen LogP contribution in [0, 0.1) is 52.3 Å². The average molecular weight is 619 g/mol. The molecule has 0 bridgehead atoms. The molecule has 0 N–H and O–H groups in total. The van der Waals surface area contributed by atoms with Gasteiger partial charge in [-0.25, -0.2) is 0 Å². The number of carbonyl (C=O) groups excluding carboxylic acids is 5. The molecule has 0 radical (unpaired) electrons. The highest BCUT2D eigenvalue weighted by molar-refractivity contribution is 5.83. The van der Waals surface area contributed by atoms with Crippen LogP contribution in [0.3, 0.4) is 0 Å². The maximum absolute atomic E-state index is 13.8. The maximum atomic E-state index is 13.8. The molecule has 0 heterocycles. The largest absolute Gasteiger partial charge is 0.463 e. The molecule has 9 nitrogen and oxygen atoms in total. The Hall–Kier alpha value is -2.45. The Morgan fingerprint density at radius 3 is 1.98 bits per heavy atom. The molecule has 0 amide bonds. The maximum Gasteiger partial charge on any atom is 0.303 e. The number of rotatable bonds is 9. The fourth-order valence-corrected chi connectivity index (χ4v) is 10.5. The lowest BCUT2D eigenvalue weighted by Crippen LogP contribution is -2.57. The third-order valence-corrected chi connectivity index (χ3v) is 12.0. The number of esters is 4. The van der Waals surface area contributed by atoms with Crippen molar-refractivity contribution in [2.24, 2.45) is 52.3 Å². The van der Waals surface area contributed by atoms with Gasteiger partial charge in [0.15, 0.2) is 0 Å². The van der Waals surface area contributed by atoms with Crippen molar-refractivity contribution < 1.29 is 42.9 Å². The van der Waals surface area contributed by atoms with E-state index in [1.807, 2.05) is 13.8 Å². The van der Waals surface area contributed by atoms with Gasteiger partial charge >= 0.3 is 23.9 Å². The normalized spacial score (nSPS) is 38.3. The lowest BCUT2D eigenvalue weighted by atomic mass is 9.44. The summed E-state index contributed by atoms with van der Waals surface area (Å²) in [4.78, 5) is 62.1. The van der Waals surface area contributed by atoms with E-state index in [9.17, 15) is 24.0 Å². The van der Waals surface area contributed by atoms with Crippen molar-refractivity contribution in [2.45, 2.75) is 138 Å². The van der Waals surface area contributed by atoms with Gasteiger partial charge in [-0.2, -0.15) is 0 Å². The van der Waals surface area contributed by atoms with Gasteiger partial charge in [0.2, 0.25) is 0 Å². The third kappa shape index (κ3) is 6.72. The van der Waals surface area contributed by atoms with E-state index in [-0.39, 0.29) is 76.3 Å². The standard InChI is InChI=1S/C35H54O9/c1-18(2)33(44-23(7)39)31(43-22(6)38)14-19(3)32-30(42-21(5)37)17-27-25-16-29(40)28-15-24(41-20(4)36)10-12-34(28,8)26(25)11-13-35(27,32)9/h18-19,24-28,30-33H,10-17H2,1-9H3. The van der Waals surface area contributed by atoms with E-state index in [2.05, 4.69) is 20.8 Å². The molecule has 4 aliphatic rings. The van der Waals surface area contributed by atoms with Crippen molar-refractivity contribution in [2.75, 3.05) is 0 Å². The van der Waals surface area contributed by atoms with Gasteiger partial charge in [-0.05, 0) is 85.4 Å². The van der Waals surface area contributed by atoms with Crippen molar-refractivity contribution in [1.29, 1.82) is 0 Å². The number of ketones is 1. The first-order valence-corrected chi connectivity index (χ1v) is 16.7. The Balaban J connectivity index is 1.63. The summed E-state index contributed by atoms with van der Waals surface area (Å²) in [6, 6.07) is 0. The van der Waals surface area contributed by atoms with Crippen LogP contribution in [0.15, 0.2) is 0 Å². The van der Waals surface area contributed by atoms with Gasteiger partial charge in [0, 0.05) is 46.0 Å². The lowest BCUT2D eigenvalue weighted by Gasteiger charge is -2.60. The molecule has 248 valence electrons. The molecule has 0 aromatic heterocycles. The van der Waals surface area contributed by atoms with Crippen LogP contribution in [0.1, 0.15) is 114 Å². The van der Waals surface area contributed by atoms with Gasteiger partial charge in [0.1, 0.15) is 30.2 Å². The molecule has 12 unspecified atom stereocenters. The van der Waals surface area contributed by atoms with Crippen LogP contribution >= 0.6 is 0 Å². The molecule has 9 heteroatoms. The zero-order valence-electron chi connectivity index (χ0n) is 28.2. The fourth-order valence-electron chi connectivity index (χ4n) is 10.5. The van der Waals surface area contributed by atoms with Crippen molar-refractivity contribution in [1.82, 2.24) is 0 Å². The molecule has 4 fully saturated rings. The first-order valence-electron chi connectivity index (χ1n) is 16.7. The second kappa shape index (κ2) is 13.1. The second-order valence-electron chi connectivity index (χ2n) is 15.2. The van der Waals surface area contributed by atoms with Crippen LogP contribution in [-0.4, -0.2) is 54.1 Å². The Morgan fingerprint density at radius 2 is 1.41 bits per heavy atom. The highest BCUT2D eigenvalue weighted by Crippen LogP contribution is 2.68. The average Bonchev–Trinajstić information content (AvgIpc) is 3.18. The summed E-state index contributed by atoms with van der Waals surface area (Å²) in [5.41, 5.74) is -0.331. The van der Waals surface area contributed by atoms with Crippen LogP contribution in [0.5, 0.6) is 0 Å². The van der Waals surface area contributed by atoms with Crippen molar-refractivity contribution in [3.05, 3.63) is 0 Å². The molecule has 0 spiro atoms. The van der Waals surface area contributed by atoms with Crippen LogP contribution in [0.4, 0.5) is 0 Å². The topological polar surface area (TPSA) is 122 Å². The van der Waals surface area contributed by atoms with E-state index < -0.39 is 24.1 Å². The second-order valence-corrected chi connectivity index (χ2v) is 15.2. The molecule has 12 atom stereocenters. The molecule has 0 aromatic rings. The number of hydrogen-bond donors (Lipinski definition) is 0. The molecule has 4 rings (SSSR count). The van der Waals surface area contributed by atoms with E-state index >= 15 is 0 Å². The molecule has 44 heavy (non-hydrogen) atoms. The van der Waals surface area contributed by atoms with Crippen LogP contribution in [0.2, 0.25) is 0 Å². The van der Waals surface area contributed by atoms with E-state index in [4.69, 9.17) is 18.9 Å². The Labute approximate surface area is 262 Å². The smallest absolute Gasteiger partial charge is 0.303 e. The molecular formula is C35H54O9. The zero-order valence-corrected chi connectivity index (χ0v) is 28.2. The van der Waals surface area contributed by atoms with Gasteiger partial charge in [0.05, 0.1) is 0 Å². The van der Waals surface area contributed by atoms with Gasteiger partial charge < -0.3 is 18.9 Å². The SMILES string of the molecule is CC(=O)OC1CCC2(C)C(C1)C(=O)CC1C2CCC2(C)C1CC(OC(C)=O)C2C(C)CC(OC(C)=O)C(OC(C)=O)C(C)C. The van der Waals surface area contributed by atoms with Crippen LogP contribution in [-0.2, 0) is 42.9 Å². The van der Waals surface area contributed by atoms with E-state index in [1.165, 1.54) is 27.7 Å². The van der Waals surface area contributed by atoms with Gasteiger partial charge in [-0.3, -0.25) is 24.0 Å². The quantitative estimate of drug-likeness (QED) is 0.232. The van der Waals surface area contributed by atoms with Gasteiger partial charge in [-0.1, -0.05) is 34.6 Å². The third-order valence-electron chi connectivity index (χ3n) is 12.0. The summed E-state index contributed by atoms with van der Waals surface area (Å²) < 4.78 is 23.1. The molecule has 0 aliphatic heterocycles. The monoisotopic (exact) mass is 618 g/mol. The number of Topliss-reactive ketones (excluding diaryl/α,β-unsaturated/α-hetero) is 1.